The number of rotatable bonds is 2. The smallest absolute Gasteiger partial charge is 0.161 e. The molecule has 0 bridgehead atoms. The highest BCUT2D eigenvalue weighted by Gasteiger charge is 2.45. The summed E-state index contributed by atoms with van der Waals surface area (Å²) in [5.74, 6) is -1.59. The molecule has 0 unspecified atom stereocenters. The molecule has 8 heteroatoms. The van der Waals surface area contributed by atoms with Crippen LogP contribution in [0, 0.1) is 11.6 Å². The summed E-state index contributed by atoms with van der Waals surface area (Å²) in [5.41, 5.74) is 0.724. The van der Waals surface area contributed by atoms with Crippen molar-refractivity contribution in [2.45, 2.75) is 24.9 Å². The van der Waals surface area contributed by atoms with E-state index in [2.05, 4.69) is 15.6 Å². The van der Waals surface area contributed by atoms with E-state index in [0.29, 0.717) is 35.9 Å². The predicted octanol–water partition coefficient (Wildman–Crippen LogP) is 3.96. The monoisotopic (exact) mass is 392 g/mol. The highest BCUT2D eigenvalue weighted by Crippen LogP contribution is 2.40. The summed E-state index contributed by atoms with van der Waals surface area (Å²) in [6.45, 7) is 1.74. The van der Waals surface area contributed by atoms with E-state index in [1.807, 2.05) is 18.2 Å². The standard InChI is InChI=1S/C19H19ClF2N4O/c20-13-3-1-2-12(8-13)11-24-18-19(4-6-23-7-5-19)25-16-9-14(21)15(22)10-17(16)26(18)27/h1-3,8-10,23,25,27H,4-7,11H2/b24-18+. The quantitative estimate of drug-likeness (QED) is 0.724. The lowest BCUT2D eigenvalue weighted by Crippen LogP contribution is -2.61. The second kappa shape index (κ2) is 7.07. The number of hydroxylamine groups is 1. The molecule has 1 spiro atoms. The number of nitrogens with one attached hydrogen (secondary N) is 2. The fourth-order valence-corrected chi connectivity index (χ4v) is 3.88. The van der Waals surface area contributed by atoms with E-state index in [-0.39, 0.29) is 5.69 Å². The first-order chi connectivity index (χ1) is 13.0. The van der Waals surface area contributed by atoms with E-state index in [0.717, 1.165) is 35.8 Å². The van der Waals surface area contributed by atoms with Gasteiger partial charge in [-0.2, -0.15) is 0 Å². The first kappa shape index (κ1) is 18.2. The van der Waals surface area contributed by atoms with Crippen molar-refractivity contribution >= 4 is 28.8 Å². The van der Waals surface area contributed by atoms with Crippen molar-refractivity contribution in [1.29, 1.82) is 0 Å². The Balaban J connectivity index is 1.76. The fraction of sp³-hybridized carbons (Fsp3) is 0.316. The Hall–Kier alpha value is -2.22. The molecule has 0 saturated carbocycles. The van der Waals surface area contributed by atoms with Gasteiger partial charge in [-0.25, -0.2) is 13.8 Å². The minimum Gasteiger partial charge on any atom is -0.371 e. The van der Waals surface area contributed by atoms with Crippen molar-refractivity contribution in [3.05, 3.63) is 58.6 Å². The summed E-state index contributed by atoms with van der Waals surface area (Å²) in [4.78, 5) is 4.63. The Labute approximate surface area is 160 Å². The molecular formula is C19H19ClF2N4O. The average molecular weight is 393 g/mol. The zero-order valence-corrected chi connectivity index (χ0v) is 15.2. The molecule has 2 heterocycles. The van der Waals surface area contributed by atoms with E-state index in [9.17, 15) is 14.0 Å². The van der Waals surface area contributed by atoms with Gasteiger partial charge in [-0.15, -0.1) is 0 Å². The van der Waals surface area contributed by atoms with Crippen molar-refractivity contribution < 1.29 is 14.0 Å². The van der Waals surface area contributed by atoms with Crippen LogP contribution in [0.3, 0.4) is 0 Å². The van der Waals surface area contributed by atoms with Gasteiger partial charge in [-0.05, 0) is 43.6 Å². The molecule has 0 amide bonds. The third-order valence-corrected chi connectivity index (χ3v) is 5.26. The van der Waals surface area contributed by atoms with E-state index < -0.39 is 17.2 Å². The van der Waals surface area contributed by atoms with Crippen LogP contribution in [-0.2, 0) is 6.54 Å². The Bertz CT molecular complexity index is 899. The van der Waals surface area contributed by atoms with Gasteiger partial charge in [0.15, 0.2) is 17.5 Å². The summed E-state index contributed by atoms with van der Waals surface area (Å²) in [7, 11) is 0. The van der Waals surface area contributed by atoms with Gasteiger partial charge < -0.3 is 10.6 Å². The maximum atomic E-state index is 13.7. The van der Waals surface area contributed by atoms with Crippen molar-refractivity contribution in [3.8, 4) is 0 Å². The number of anilines is 2. The first-order valence-corrected chi connectivity index (χ1v) is 9.13. The number of halogens is 3. The van der Waals surface area contributed by atoms with Crippen molar-refractivity contribution in [1.82, 2.24) is 5.32 Å². The van der Waals surface area contributed by atoms with E-state index in [1.165, 1.54) is 0 Å². The molecule has 5 nitrogen and oxygen atoms in total. The van der Waals surface area contributed by atoms with Crippen LogP contribution in [-0.4, -0.2) is 29.7 Å². The number of fused-ring (bicyclic) bond motifs is 1. The summed E-state index contributed by atoms with van der Waals surface area (Å²) in [6.07, 6.45) is 1.30. The molecule has 1 saturated heterocycles. The molecule has 2 aliphatic heterocycles. The van der Waals surface area contributed by atoms with Crippen LogP contribution in [0.1, 0.15) is 18.4 Å². The van der Waals surface area contributed by atoms with Gasteiger partial charge in [-0.1, -0.05) is 23.7 Å². The molecule has 0 aromatic heterocycles. The molecule has 3 N–H and O–H groups in total. The molecule has 2 aromatic carbocycles. The van der Waals surface area contributed by atoms with Gasteiger partial charge in [0, 0.05) is 17.2 Å². The van der Waals surface area contributed by atoms with Gasteiger partial charge in [0.1, 0.15) is 0 Å². The summed E-state index contributed by atoms with van der Waals surface area (Å²) in [5, 5.41) is 18.9. The van der Waals surface area contributed by atoms with Crippen molar-refractivity contribution in [2.75, 3.05) is 23.5 Å². The number of aliphatic imine (C=N–C) groups is 1. The highest BCUT2D eigenvalue weighted by molar-refractivity contribution is 6.30. The molecule has 1 fully saturated rings. The average Bonchev–Trinajstić information content (AvgIpc) is 2.64. The minimum atomic E-state index is -1.02. The van der Waals surface area contributed by atoms with Gasteiger partial charge in [0.25, 0.3) is 0 Å². The molecular weight excluding hydrogens is 374 g/mol. The molecule has 2 aromatic rings. The van der Waals surface area contributed by atoms with Gasteiger partial charge in [0.05, 0.1) is 23.5 Å². The van der Waals surface area contributed by atoms with Gasteiger partial charge >= 0.3 is 0 Å². The Morgan fingerprint density at radius 1 is 1.15 bits per heavy atom. The summed E-state index contributed by atoms with van der Waals surface area (Å²) in [6, 6.07) is 9.36. The number of nitrogens with zero attached hydrogens (tertiary/aromatic N) is 2. The first-order valence-electron chi connectivity index (χ1n) is 8.75. The van der Waals surface area contributed by atoms with Crippen LogP contribution in [0.5, 0.6) is 0 Å². The maximum Gasteiger partial charge on any atom is 0.161 e. The number of hydrogen-bond donors (Lipinski definition) is 3. The third-order valence-electron chi connectivity index (χ3n) is 5.03. The lowest BCUT2D eigenvalue weighted by molar-refractivity contribution is 0.288. The lowest BCUT2D eigenvalue weighted by Gasteiger charge is -2.46. The topological polar surface area (TPSA) is 59.9 Å². The molecule has 0 atom stereocenters. The van der Waals surface area contributed by atoms with E-state index in [1.54, 1.807) is 6.07 Å². The van der Waals surface area contributed by atoms with Gasteiger partial charge in [0.2, 0.25) is 0 Å². The Morgan fingerprint density at radius 2 is 1.89 bits per heavy atom. The van der Waals surface area contributed by atoms with E-state index in [4.69, 9.17) is 11.6 Å². The summed E-state index contributed by atoms with van der Waals surface area (Å²) >= 11 is 6.03. The zero-order valence-electron chi connectivity index (χ0n) is 14.5. The number of amidine groups is 1. The van der Waals surface area contributed by atoms with Gasteiger partial charge in [-0.3, -0.25) is 10.2 Å². The highest BCUT2D eigenvalue weighted by atomic mass is 35.5. The van der Waals surface area contributed by atoms with E-state index >= 15 is 0 Å². The van der Waals surface area contributed by atoms with Crippen LogP contribution in [0.15, 0.2) is 41.4 Å². The molecule has 0 radical (unpaired) electrons. The van der Waals surface area contributed by atoms with Crippen LogP contribution in [0.25, 0.3) is 0 Å². The van der Waals surface area contributed by atoms with Crippen LogP contribution in [0.2, 0.25) is 5.02 Å². The molecule has 0 aliphatic carbocycles. The van der Waals surface area contributed by atoms with Crippen LogP contribution < -0.4 is 15.7 Å². The maximum absolute atomic E-state index is 13.7. The number of hydrogen-bond acceptors (Lipinski definition) is 4. The lowest BCUT2D eigenvalue weighted by atomic mass is 9.84. The molecule has 2 aliphatic rings. The second-order valence-electron chi connectivity index (χ2n) is 6.82. The SMILES string of the molecule is ON1/C(=N/Cc2cccc(Cl)c2)C2(CCNCC2)Nc2cc(F)c(F)cc21. The normalized spacial score (nSPS) is 19.9. The molecule has 27 heavy (non-hydrogen) atoms. The molecule has 4 rings (SSSR count). The number of piperidine rings is 1. The molecule has 142 valence electrons. The predicted molar refractivity (Wildman–Crippen MR) is 102 cm³/mol. The zero-order chi connectivity index (χ0) is 19.0. The minimum absolute atomic E-state index is 0.142. The Morgan fingerprint density at radius 3 is 2.63 bits per heavy atom. The van der Waals surface area contributed by atoms with Crippen molar-refractivity contribution in [3.63, 3.8) is 0 Å². The third kappa shape index (κ3) is 3.38. The summed E-state index contributed by atoms with van der Waals surface area (Å²) < 4.78 is 27.5. The fourth-order valence-electron chi connectivity index (χ4n) is 3.66. The van der Waals surface area contributed by atoms with Crippen LogP contribution in [0.4, 0.5) is 20.2 Å². The second-order valence-corrected chi connectivity index (χ2v) is 7.26. The van der Waals surface area contributed by atoms with Crippen LogP contribution >= 0.6 is 11.6 Å². The van der Waals surface area contributed by atoms with Crippen molar-refractivity contribution in [2.24, 2.45) is 4.99 Å². The number of benzene rings is 2. The Kier molecular flexibility index (Phi) is 4.75. The largest absolute Gasteiger partial charge is 0.371 e.